The van der Waals surface area contributed by atoms with Crippen LogP contribution in [0, 0.1) is 17.5 Å². The topological polar surface area (TPSA) is 103 Å². The Morgan fingerprint density at radius 1 is 1.23 bits per heavy atom. The van der Waals surface area contributed by atoms with E-state index in [9.17, 15) is 18.7 Å². The molecule has 3 aromatic rings. The number of carbonyl (C=O) groups is 1. The van der Waals surface area contributed by atoms with Crippen molar-refractivity contribution in [2.24, 2.45) is 0 Å². The highest BCUT2D eigenvalue weighted by Crippen LogP contribution is 2.44. The van der Waals surface area contributed by atoms with Crippen molar-refractivity contribution in [1.82, 2.24) is 24.7 Å². The van der Waals surface area contributed by atoms with Gasteiger partial charge in [-0.25, -0.2) is 37.6 Å². The summed E-state index contributed by atoms with van der Waals surface area (Å²) in [7, 11) is 0. The van der Waals surface area contributed by atoms with E-state index < -0.39 is 41.0 Å². The minimum absolute atomic E-state index is 0.0379. The van der Waals surface area contributed by atoms with E-state index in [0.717, 1.165) is 24.7 Å². The second kappa shape index (κ2) is 9.21. The number of rotatable bonds is 9. The van der Waals surface area contributed by atoms with Gasteiger partial charge < -0.3 is 9.84 Å². The molecular weight excluding hydrogens is 415 g/mol. The van der Waals surface area contributed by atoms with Crippen molar-refractivity contribution < 1.29 is 27.8 Å². The smallest absolute Gasteiger partial charge is 0.332 e. The Balaban J connectivity index is 2.28. The molecule has 2 heterocycles. The van der Waals surface area contributed by atoms with Crippen LogP contribution in [0.3, 0.4) is 0 Å². The highest BCUT2D eigenvalue weighted by atomic mass is 19.1. The van der Waals surface area contributed by atoms with Gasteiger partial charge in [0.25, 0.3) is 0 Å². The molecule has 11 heteroatoms. The lowest BCUT2D eigenvalue weighted by Gasteiger charge is -2.41. The summed E-state index contributed by atoms with van der Waals surface area (Å²) in [6.45, 7) is 2.85. The second-order valence-electron chi connectivity index (χ2n) is 6.94. The Kier molecular flexibility index (Phi) is 6.64. The minimum Gasteiger partial charge on any atom is -0.479 e. The van der Waals surface area contributed by atoms with Crippen molar-refractivity contribution in [3.8, 4) is 0 Å². The normalized spacial score (nSPS) is 15.3. The van der Waals surface area contributed by atoms with E-state index in [1.165, 1.54) is 24.3 Å². The lowest BCUT2D eigenvalue weighted by molar-refractivity contribution is -0.174. The number of nitrogens with zero attached hydrogens (tertiary/aromatic N) is 5. The largest absolute Gasteiger partial charge is 0.479 e. The van der Waals surface area contributed by atoms with Crippen LogP contribution in [-0.2, 0) is 21.7 Å². The van der Waals surface area contributed by atoms with Crippen LogP contribution >= 0.6 is 0 Å². The molecule has 8 nitrogen and oxygen atoms in total. The first-order chi connectivity index (χ1) is 14.8. The zero-order chi connectivity index (χ0) is 22.6. The molecule has 0 aliphatic rings. The number of aromatic nitrogens is 5. The lowest BCUT2D eigenvalue weighted by atomic mass is 9.79. The van der Waals surface area contributed by atoms with Crippen LogP contribution < -0.4 is 0 Å². The average molecular weight is 435 g/mol. The molecule has 0 saturated carbocycles. The van der Waals surface area contributed by atoms with Crippen LogP contribution in [0.2, 0.25) is 0 Å². The summed E-state index contributed by atoms with van der Waals surface area (Å²) in [5, 5.41) is 13.6. The summed E-state index contributed by atoms with van der Waals surface area (Å²) in [6, 6.07) is 2.81. The van der Waals surface area contributed by atoms with Gasteiger partial charge >= 0.3 is 5.97 Å². The van der Waals surface area contributed by atoms with Gasteiger partial charge in [-0.1, -0.05) is 19.9 Å². The molecule has 1 aromatic carbocycles. The van der Waals surface area contributed by atoms with Gasteiger partial charge in [0.1, 0.15) is 36.2 Å². The van der Waals surface area contributed by atoms with Gasteiger partial charge in [0.15, 0.2) is 11.9 Å². The molecule has 0 fully saturated rings. The van der Waals surface area contributed by atoms with Gasteiger partial charge in [-0.05, 0) is 12.5 Å². The van der Waals surface area contributed by atoms with Crippen molar-refractivity contribution in [1.29, 1.82) is 0 Å². The first-order valence-corrected chi connectivity index (χ1v) is 9.42. The SMILES string of the molecule is CCC(O[C@@](Cn1cncn1)(c1ccc(F)cc1F)[C@@H](C)c1ncncc1F)C(=O)O. The van der Waals surface area contributed by atoms with Crippen molar-refractivity contribution in [2.45, 2.75) is 44.4 Å². The zero-order valence-electron chi connectivity index (χ0n) is 16.7. The van der Waals surface area contributed by atoms with Gasteiger partial charge in [-0.2, -0.15) is 5.10 Å². The standard InChI is InChI=1S/C20H20F3N5O3/c1-3-17(19(29)30)31-20(8-28-11-25-10-27-28,14-5-4-13(21)6-15(14)22)12(2)18-16(23)7-24-9-26-18/h4-7,9-12,17H,3,8H2,1-2H3,(H,29,30)/t12-,17?,20+/m0/s1. The van der Waals surface area contributed by atoms with E-state index >= 15 is 4.39 Å². The first-order valence-electron chi connectivity index (χ1n) is 9.42. The van der Waals surface area contributed by atoms with Crippen LogP contribution in [-0.4, -0.2) is 41.9 Å². The molecule has 0 amide bonds. The molecule has 1 N–H and O–H groups in total. The number of aliphatic carboxylic acids is 1. The Labute approximate surface area is 175 Å². The molecular formula is C20H20F3N5O3. The number of ether oxygens (including phenoxy) is 1. The molecule has 3 rings (SSSR count). The molecule has 3 atom stereocenters. The summed E-state index contributed by atoms with van der Waals surface area (Å²) in [5.41, 5.74) is -2.13. The molecule has 0 bridgehead atoms. The van der Waals surface area contributed by atoms with Crippen molar-refractivity contribution in [3.63, 3.8) is 0 Å². The van der Waals surface area contributed by atoms with Gasteiger partial charge in [0.05, 0.1) is 18.4 Å². The third-order valence-electron chi connectivity index (χ3n) is 5.05. The highest BCUT2D eigenvalue weighted by molar-refractivity contribution is 5.72. The third kappa shape index (κ3) is 4.55. The maximum Gasteiger partial charge on any atom is 0.332 e. The lowest BCUT2D eigenvalue weighted by Crippen LogP contribution is -2.46. The fraction of sp³-hybridized carbons (Fsp3) is 0.350. The number of hydrogen-bond acceptors (Lipinski definition) is 6. The van der Waals surface area contributed by atoms with E-state index in [1.807, 2.05) is 0 Å². The first kappa shape index (κ1) is 22.3. The van der Waals surface area contributed by atoms with Crippen LogP contribution in [0.1, 0.15) is 37.4 Å². The number of carboxylic acid groups (broad SMARTS) is 1. The summed E-state index contributed by atoms with van der Waals surface area (Å²) >= 11 is 0. The molecule has 1 unspecified atom stereocenters. The van der Waals surface area contributed by atoms with E-state index in [-0.39, 0.29) is 24.2 Å². The number of hydrogen-bond donors (Lipinski definition) is 1. The Morgan fingerprint density at radius 2 is 2.00 bits per heavy atom. The van der Waals surface area contributed by atoms with Gasteiger partial charge in [-0.3, -0.25) is 0 Å². The molecule has 0 aliphatic carbocycles. The van der Waals surface area contributed by atoms with Crippen molar-refractivity contribution in [2.75, 3.05) is 0 Å². The molecule has 31 heavy (non-hydrogen) atoms. The van der Waals surface area contributed by atoms with E-state index in [2.05, 4.69) is 20.1 Å². The Hall–Kier alpha value is -3.34. The predicted octanol–water partition coefficient (Wildman–Crippen LogP) is 3.06. The van der Waals surface area contributed by atoms with Gasteiger partial charge in [0, 0.05) is 17.5 Å². The monoisotopic (exact) mass is 435 g/mol. The second-order valence-corrected chi connectivity index (χ2v) is 6.94. The molecule has 0 spiro atoms. The maximum atomic E-state index is 15.1. The van der Waals surface area contributed by atoms with Crippen LogP contribution in [0.4, 0.5) is 13.2 Å². The Morgan fingerprint density at radius 3 is 2.58 bits per heavy atom. The predicted molar refractivity (Wildman–Crippen MR) is 101 cm³/mol. The quantitative estimate of drug-likeness (QED) is 0.551. The fourth-order valence-electron chi connectivity index (χ4n) is 3.47. The van der Waals surface area contributed by atoms with E-state index in [0.29, 0.717) is 6.07 Å². The highest BCUT2D eigenvalue weighted by Gasteiger charge is 2.47. The number of halogens is 3. The molecule has 0 saturated heterocycles. The van der Waals surface area contributed by atoms with Gasteiger partial charge in [0.2, 0.25) is 0 Å². The maximum absolute atomic E-state index is 15.1. The third-order valence-corrected chi connectivity index (χ3v) is 5.05. The van der Waals surface area contributed by atoms with Crippen LogP contribution in [0.25, 0.3) is 0 Å². The fourth-order valence-corrected chi connectivity index (χ4v) is 3.47. The Bertz CT molecular complexity index is 1050. The van der Waals surface area contributed by atoms with E-state index in [1.54, 1.807) is 6.92 Å². The summed E-state index contributed by atoms with van der Waals surface area (Å²) in [5.74, 6) is -4.92. The summed E-state index contributed by atoms with van der Waals surface area (Å²) in [4.78, 5) is 23.2. The average Bonchev–Trinajstić information content (AvgIpc) is 3.24. The van der Waals surface area contributed by atoms with Crippen LogP contribution in [0.5, 0.6) is 0 Å². The molecule has 0 radical (unpaired) electrons. The summed E-state index contributed by atoms with van der Waals surface area (Å²) < 4.78 is 50.7. The zero-order valence-corrected chi connectivity index (χ0v) is 16.7. The number of carboxylic acids is 1. The van der Waals surface area contributed by atoms with E-state index in [4.69, 9.17) is 4.74 Å². The minimum atomic E-state index is -1.83. The van der Waals surface area contributed by atoms with Crippen molar-refractivity contribution in [3.05, 3.63) is 72.1 Å². The molecule has 0 aliphatic heterocycles. The van der Waals surface area contributed by atoms with Crippen molar-refractivity contribution >= 4 is 5.97 Å². The number of benzene rings is 1. The van der Waals surface area contributed by atoms with Gasteiger partial charge in [-0.15, -0.1) is 0 Å². The molecule has 2 aromatic heterocycles. The molecule has 164 valence electrons. The van der Waals surface area contributed by atoms with Crippen LogP contribution in [0.15, 0.2) is 43.4 Å². The summed E-state index contributed by atoms with van der Waals surface area (Å²) in [6.07, 6.45) is 3.27.